The third-order valence-corrected chi connectivity index (χ3v) is 4.24. The van der Waals surface area contributed by atoms with Crippen LogP contribution in [0.3, 0.4) is 0 Å². The summed E-state index contributed by atoms with van der Waals surface area (Å²) in [6.45, 7) is 4.83. The van der Waals surface area contributed by atoms with Crippen LogP contribution in [0.25, 0.3) is 0 Å². The van der Waals surface area contributed by atoms with E-state index in [0.717, 1.165) is 52.5 Å². The van der Waals surface area contributed by atoms with Crippen molar-refractivity contribution in [3.05, 3.63) is 59.2 Å². The van der Waals surface area contributed by atoms with Gasteiger partial charge in [-0.25, -0.2) is 0 Å². The summed E-state index contributed by atoms with van der Waals surface area (Å²) in [6, 6.07) is 14.2. The van der Waals surface area contributed by atoms with Crippen LogP contribution in [0.4, 0.5) is 0 Å². The third kappa shape index (κ3) is 3.73. The number of fused-ring (bicyclic) bond motifs is 1. The molecule has 0 unspecified atom stereocenters. The average molecular weight is 336 g/mol. The van der Waals surface area contributed by atoms with E-state index in [1.54, 1.807) is 7.11 Å². The van der Waals surface area contributed by atoms with Gasteiger partial charge in [0.2, 0.25) is 0 Å². The zero-order valence-corrected chi connectivity index (χ0v) is 15.1. The standard InChI is InChI=1S/C21H24N2O2/c1-4-5-13-25-21-18-14-15(2)22-23-20(16-9-7-6-8-10-16)17(18)11-12-19(21)24-3/h6-12H,4-5,13-14H2,1-3H3. The first-order chi connectivity index (χ1) is 12.2. The maximum absolute atomic E-state index is 6.12. The summed E-state index contributed by atoms with van der Waals surface area (Å²) >= 11 is 0. The highest BCUT2D eigenvalue weighted by Gasteiger charge is 2.22. The van der Waals surface area contributed by atoms with Crippen LogP contribution in [0.5, 0.6) is 11.5 Å². The molecule has 4 heteroatoms. The lowest BCUT2D eigenvalue weighted by molar-refractivity contribution is 0.286. The zero-order valence-electron chi connectivity index (χ0n) is 15.1. The highest BCUT2D eigenvalue weighted by molar-refractivity contribution is 6.15. The molecule has 0 saturated carbocycles. The van der Waals surface area contributed by atoms with Crippen LogP contribution in [0.15, 0.2) is 52.7 Å². The first kappa shape index (κ1) is 17.2. The Morgan fingerprint density at radius 1 is 1.04 bits per heavy atom. The summed E-state index contributed by atoms with van der Waals surface area (Å²) in [4.78, 5) is 0. The van der Waals surface area contributed by atoms with Gasteiger partial charge in [-0.05, 0) is 25.5 Å². The van der Waals surface area contributed by atoms with Crippen molar-refractivity contribution in [3.8, 4) is 11.5 Å². The monoisotopic (exact) mass is 336 g/mol. The van der Waals surface area contributed by atoms with E-state index in [1.165, 1.54) is 0 Å². The number of hydrogen-bond acceptors (Lipinski definition) is 4. The van der Waals surface area contributed by atoms with Gasteiger partial charge in [-0.3, -0.25) is 0 Å². The minimum atomic E-state index is 0.678. The minimum Gasteiger partial charge on any atom is -0.493 e. The average Bonchev–Trinajstić information content (AvgIpc) is 2.81. The molecule has 0 saturated heterocycles. The SMILES string of the molecule is CCCCOc1c(OC)ccc2c1CC(C)=NN=C2c1ccccc1. The van der Waals surface area contributed by atoms with Crippen molar-refractivity contribution in [1.82, 2.24) is 0 Å². The van der Waals surface area contributed by atoms with Crippen LogP contribution >= 0.6 is 0 Å². The molecule has 0 N–H and O–H groups in total. The van der Waals surface area contributed by atoms with E-state index < -0.39 is 0 Å². The zero-order chi connectivity index (χ0) is 17.6. The van der Waals surface area contributed by atoms with Crippen LogP contribution in [0.2, 0.25) is 0 Å². The van der Waals surface area contributed by atoms with E-state index in [1.807, 2.05) is 31.2 Å². The molecule has 130 valence electrons. The minimum absolute atomic E-state index is 0.678. The molecule has 1 aliphatic rings. The van der Waals surface area contributed by atoms with Gasteiger partial charge in [0.05, 0.1) is 13.7 Å². The summed E-state index contributed by atoms with van der Waals surface area (Å²) in [5.74, 6) is 1.57. The van der Waals surface area contributed by atoms with Crippen LogP contribution in [-0.4, -0.2) is 25.1 Å². The molecule has 25 heavy (non-hydrogen) atoms. The molecule has 2 aromatic carbocycles. The van der Waals surface area contributed by atoms with Gasteiger partial charge in [-0.15, -0.1) is 5.10 Å². The molecule has 0 amide bonds. The molecule has 1 heterocycles. The van der Waals surface area contributed by atoms with E-state index >= 15 is 0 Å². The number of ether oxygens (including phenoxy) is 2. The lowest BCUT2D eigenvalue weighted by Crippen LogP contribution is -2.11. The third-order valence-electron chi connectivity index (χ3n) is 4.24. The van der Waals surface area contributed by atoms with Gasteiger partial charge in [0.15, 0.2) is 11.5 Å². The number of benzene rings is 2. The molecule has 1 aliphatic heterocycles. The van der Waals surface area contributed by atoms with Crippen molar-refractivity contribution in [2.75, 3.05) is 13.7 Å². The molecule has 4 nitrogen and oxygen atoms in total. The number of nitrogens with zero attached hydrogens (tertiary/aromatic N) is 2. The number of methoxy groups -OCH3 is 1. The molecule has 2 aromatic rings. The molecule has 3 rings (SSSR count). The van der Waals surface area contributed by atoms with Crippen molar-refractivity contribution in [2.45, 2.75) is 33.1 Å². The fourth-order valence-electron chi connectivity index (χ4n) is 2.93. The van der Waals surface area contributed by atoms with E-state index in [0.29, 0.717) is 13.0 Å². The maximum atomic E-state index is 6.12. The second kappa shape index (κ2) is 7.97. The normalized spacial score (nSPS) is 13.4. The van der Waals surface area contributed by atoms with Crippen LogP contribution in [0, 0.1) is 0 Å². The second-order valence-electron chi connectivity index (χ2n) is 6.15. The van der Waals surface area contributed by atoms with Crippen molar-refractivity contribution in [1.29, 1.82) is 0 Å². The first-order valence-corrected chi connectivity index (χ1v) is 8.74. The summed E-state index contributed by atoms with van der Waals surface area (Å²) in [7, 11) is 1.68. The Morgan fingerprint density at radius 3 is 2.56 bits per heavy atom. The summed E-state index contributed by atoms with van der Waals surface area (Å²) < 4.78 is 11.7. The van der Waals surface area contributed by atoms with Gasteiger partial charge in [-0.2, -0.15) is 5.10 Å². The predicted octanol–water partition coefficient (Wildman–Crippen LogP) is 4.64. The van der Waals surface area contributed by atoms with E-state index in [2.05, 4.69) is 35.3 Å². The van der Waals surface area contributed by atoms with Gasteiger partial charge in [0, 0.05) is 28.8 Å². The molecular weight excluding hydrogens is 312 g/mol. The molecule has 0 fully saturated rings. The Balaban J connectivity index is 2.12. The van der Waals surface area contributed by atoms with Crippen molar-refractivity contribution >= 4 is 11.4 Å². The largest absolute Gasteiger partial charge is 0.493 e. The fraction of sp³-hybridized carbons (Fsp3) is 0.333. The quantitative estimate of drug-likeness (QED) is 0.721. The molecule has 0 bridgehead atoms. The van der Waals surface area contributed by atoms with Gasteiger partial charge in [0.25, 0.3) is 0 Å². The van der Waals surface area contributed by atoms with Crippen molar-refractivity contribution < 1.29 is 9.47 Å². The Hall–Kier alpha value is -2.62. The van der Waals surface area contributed by atoms with Gasteiger partial charge in [0.1, 0.15) is 5.71 Å². The highest BCUT2D eigenvalue weighted by atomic mass is 16.5. The van der Waals surface area contributed by atoms with E-state index in [4.69, 9.17) is 9.47 Å². The Kier molecular flexibility index (Phi) is 5.49. The van der Waals surface area contributed by atoms with E-state index in [-0.39, 0.29) is 0 Å². The fourth-order valence-corrected chi connectivity index (χ4v) is 2.93. The van der Waals surface area contributed by atoms with Gasteiger partial charge >= 0.3 is 0 Å². The number of unbranched alkanes of at least 4 members (excludes halogenated alkanes) is 1. The Bertz CT molecular complexity index is 795. The smallest absolute Gasteiger partial charge is 0.165 e. The predicted molar refractivity (Wildman–Crippen MR) is 102 cm³/mol. The highest BCUT2D eigenvalue weighted by Crippen LogP contribution is 2.36. The lowest BCUT2D eigenvalue weighted by atomic mass is 9.94. The summed E-state index contributed by atoms with van der Waals surface area (Å²) in [5.41, 5.74) is 5.03. The summed E-state index contributed by atoms with van der Waals surface area (Å²) in [5, 5.41) is 8.91. The van der Waals surface area contributed by atoms with Crippen LogP contribution < -0.4 is 9.47 Å². The molecule has 0 atom stereocenters. The lowest BCUT2D eigenvalue weighted by Gasteiger charge is -2.18. The van der Waals surface area contributed by atoms with Crippen LogP contribution in [0.1, 0.15) is 43.4 Å². The molecule has 0 aliphatic carbocycles. The Labute approximate surface area is 149 Å². The maximum Gasteiger partial charge on any atom is 0.165 e. The number of hydrogen-bond donors (Lipinski definition) is 0. The van der Waals surface area contributed by atoms with Crippen LogP contribution in [-0.2, 0) is 6.42 Å². The topological polar surface area (TPSA) is 43.2 Å². The van der Waals surface area contributed by atoms with Gasteiger partial charge < -0.3 is 9.47 Å². The summed E-state index contributed by atoms with van der Waals surface area (Å²) in [6.07, 6.45) is 2.81. The molecule has 0 spiro atoms. The van der Waals surface area contributed by atoms with Crippen molar-refractivity contribution in [3.63, 3.8) is 0 Å². The number of rotatable bonds is 6. The molecular formula is C21H24N2O2. The molecule has 0 radical (unpaired) electrons. The van der Waals surface area contributed by atoms with E-state index in [9.17, 15) is 0 Å². The van der Waals surface area contributed by atoms with Crippen molar-refractivity contribution in [2.24, 2.45) is 10.2 Å². The second-order valence-corrected chi connectivity index (χ2v) is 6.15. The van der Waals surface area contributed by atoms with Gasteiger partial charge in [-0.1, -0.05) is 43.7 Å². The molecule has 0 aromatic heterocycles. The first-order valence-electron chi connectivity index (χ1n) is 8.74. The Morgan fingerprint density at radius 2 is 1.84 bits per heavy atom.